The first-order valence-electron chi connectivity index (χ1n) is 10.6. The summed E-state index contributed by atoms with van der Waals surface area (Å²) in [5, 5.41) is 12.6. The number of hydrogen-bond acceptors (Lipinski definition) is 7. The molecule has 0 bridgehead atoms. The van der Waals surface area contributed by atoms with Gasteiger partial charge in [0, 0.05) is 31.4 Å². The van der Waals surface area contributed by atoms with E-state index < -0.39 is 10.9 Å². The van der Waals surface area contributed by atoms with Crippen molar-refractivity contribution < 1.29 is 13.2 Å². The summed E-state index contributed by atoms with van der Waals surface area (Å²) in [5.74, 6) is 1.06. The second-order valence-electron chi connectivity index (χ2n) is 7.95. The van der Waals surface area contributed by atoms with Crippen LogP contribution in [0.3, 0.4) is 0 Å². The third kappa shape index (κ3) is 5.78. The molecule has 0 saturated heterocycles. The first-order valence-corrected chi connectivity index (χ1v) is 12.1. The summed E-state index contributed by atoms with van der Waals surface area (Å²) in [7, 11) is -2.62. The highest BCUT2D eigenvalue weighted by Crippen LogP contribution is 2.30. The summed E-state index contributed by atoms with van der Waals surface area (Å²) in [6, 6.07) is 5.70. The molecule has 172 valence electrons. The second-order valence-corrected chi connectivity index (χ2v) is 9.19. The van der Waals surface area contributed by atoms with Crippen molar-refractivity contribution in [2.45, 2.75) is 44.8 Å². The van der Waals surface area contributed by atoms with Gasteiger partial charge in [-0.1, -0.05) is 30.5 Å². The van der Waals surface area contributed by atoms with E-state index in [0.717, 1.165) is 42.5 Å². The lowest BCUT2D eigenvalue weighted by atomic mass is 9.84. The fraction of sp³-hybridized carbons (Fsp3) is 0.450. The zero-order valence-electron chi connectivity index (χ0n) is 17.4. The van der Waals surface area contributed by atoms with Crippen LogP contribution in [0.25, 0.3) is 0 Å². The molecule has 1 aromatic heterocycles. The molecule has 1 fully saturated rings. The van der Waals surface area contributed by atoms with Crippen LogP contribution in [0.5, 0.6) is 0 Å². The van der Waals surface area contributed by atoms with Gasteiger partial charge in [0.05, 0.1) is 6.20 Å². The maximum Gasteiger partial charge on any atom is 0.315 e. The Labute approximate surface area is 193 Å². The molecule has 5 N–H and O–H groups in total. The smallest absolute Gasteiger partial charge is 0.315 e. The van der Waals surface area contributed by atoms with E-state index in [0.29, 0.717) is 36.4 Å². The number of hydrogen-bond donors (Lipinski definition) is 6. The number of fused-ring (bicyclic) bond motifs is 1. The number of thiol groups is 1. The number of nitrogens with one attached hydrogen (secondary N) is 5. The van der Waals surface area contributed by atoms with E-state index in [4.69, 9.17) is 11.6 Å². The Balaban J connectivity index is 1.47. The second kappa shape index (κ2) is 10.3. The molecule has 1 aromatic carbocycles. The van der Waals surface area contributed by atoms with Crippen molar-refractivity contribution in [1.29, 1.82) is 0 Å². The molecule has 32 heavy (non-hydrogen) atoms. The summed E-state index contributed by atoms with van der Waals surface area (Å²) in [6.07, 6.45) is 5.51. The van der Waals surface area contributed by atoms with Crippen LogP contribution < -0.4 is 26.0 Å². The van der Waals surface area contributed by atoms with E-state index in [1.54, 1.807) is 0 Å². The number of benzene rings is 1. The number of anilines is 3. The molecule has 0 unspecified atom stereocenters. The molecule has 0 spiro atoms. The number of carbonyl (C=O) groups is 1. The topological polar surface area (TPSA) is 137 Å². The monoisotopic (exact) mass is 479 g/mol. The zero-order chi connectivity index (χ0) is 22.5. The summed E-state index contributed by atoms with van der Waals surface area (Å²) < 4.78 is 24.4. The summed E-state index contributed by atoms with van der Waals surface area (Å²) in [6.45, 7) is 1.31. The molecule has 0 radical (unpaired) electrons. The van der Waals surface area contributed by atoms with Crippen molar-refractivity contribution in [2.24, 2.45) is 5.92 Å². The maximum absolute atomic E-state index is 11.5. The molecule has 12 heteroatoms. The molecule has 10 nitrogen and oxygen atoms in total. The molecular weight excluding hydrogens is 454 g/mol. The van der Waals surface area contributed by atoms with Gasteiger partial charge in [-0.3, -0.25) is 0 Å². The summed E-state index contributed by atoms with van der Waals surface area (Å²) in [4.78, 5) is 20.4. The summed E-state index contributed by atoms with van der Waals surface area (Å²) in [5.41, 5.74) is 2.85. The quantitative estimate of drug-likeness (QED) is 0.335. The average Bonchev–Trinajstić information content (AvgIpc) is 2.96. The van der Waals surface area contributed by atoms with E-state index in [2.05, 4.69) is 36.0 Å². The van der Waals surface area contributed by atoms with Gasteiger partial charge in [-0.25, -0.2) is 22.9 Å². The fourth-order valence-electron chi connectivity index (χ4n) is 4.12. The molecule has 2 aliphatic rings. The Hall–Kier alpha value is -2.63. The van der Waals surface area contributed by atoms with Crippen molar-refractivity contribution in [3.8, 4) is 0 Å². The molecule has 2 atom stereocenters. The van der Waals surface area contributed by atoms with Crippen LogP contribution in [0.2, 0.25) is 5.02 Å². The fourth-order valence-corrected chi connectivity index (χ4v) is 4.65. The lowest BCUT2D eigenvalue weighted by Gasteiger charge is -2.32. The van der Waals surface area contributed by atoms with E-state index in [1.807, 2.05) is 18.2 Å². The minimum Gasteiger partial charge on any atom is -0.366 e. The highest BCUT2D eigenvalue weighted by molar-refractivity contribution is 7.70. The zero-order valence-corrected chi connectivity index (χ0v) is 19.0. The van der Waals surface area contributed by atoms with Crippen molar-refractivity contribution >= 4 is 46.0 Å². The third-order valence-corrected chi connectivity index (χ3v) is 6.52. The average molecular weight is 480 g/mol. The number of rotatable bonds is 7. The van der Waals surface area contributed by atoms with Crippen molar-refractivity contribution in [1.82, 2.24) is 25.3 Å². The van der Waals surface area contributed by atoms with E-state index >= 15 is 0 Å². The molecule has 1 aliphatic carbocycles. The van der Waals surface area contributed by atoms with Gasteiger partial charge in [0.2, 0.25) is 16.8 Å². The molecule has 2 aromatic rings. The molecule has 1 saturated carbocycles. The van der Waals surface area contributed by atoms with Gasteiger partial charge in [0.1, 0.15) is 5.02 Å². The van der Waals surface area contributed by atoms with Gasteiger partial charge in [-0.05, 0) is 42.0 Å². The molecule has 2 heterocycles. The number of carbonyl (C=O) groups excluding carboxylic acids is 1. The van der Waals surface area contributed by atoms with Gasteiger partial charge >= 0.3 is 6.03 Å². The third-order valence-electron chi connectivity index (χ3n) is 5.80. The number of aromatic nitrogens is 2. The predicted octanol–water partition coefficient (Wildman–Crippen LogP) is 2.27. The van der Waals surface area contributed by atoms with E-state index in [9.17, 15) is 13.2 Å². The van der Waals surface area contributed by atoms with Gasteiger partial charge in [0.15, 0.2) is 5.82 Å². The van der Waals surface area contributed by atoms with Crippen molar-refractivity contribution in [3.05, 3.63) is 40.5 Å². The van der Waals surface area contributed by atoms with Gasteiger partial charge < -0.3 is 21.3 Å². The highest BCUT2D eigenvalue weighted by atomic mass is 35.5. The predicted molar refractivity (Wildman–Crippen MR) is 124 cm³/mol. The lowest BCUT2D eigenvalue weighted by molar-refractivity contribution is 0.241. The van der Waals surface area contributed by atoms with Crippen LogP contribution in [0.1, 0.15) is 36.8 Å². The minimum atomic E-state index is -2.62. The van der Waals surface area contributed by atoms with E-state index in [1.165, 1.54) is 6.20 Å². The van der Waals surface area contributed by atoms with E-state index in [-0.39, 0.29) is 18.0 Å². The molecule has 4 rings (SSSR count). The van der Waals surface area contributed by atoms with Gasteiger partial charge in [0.25, 0.3) is 0 Å². The normalized spacial score (nSPS) is 20.6. The minimum absolute atomic E-state index is 0.0649. The number of halogens is 1. The highest BCUT2D eigenvalue weighted by Gasteiger charge is 2.26. The lowest BCUT2D eigenvalue weighted by Crippen LogP contribution is -2.38. The standard InChI is InChI=1S/C20H26ClN7O3S/c21-16-11-22-19(26-15-6-5-12-8-23-20(29)24-9-14(12)7-15)28-18(16)27-17-4-2-1-3-13(17)10-25-32(30)31/h5-7,11,13,17,32H,1-4,8-10H2,(H2,23,24,29)(H,25,30,31)(H2,22,26,27,28)/t13-,17-/m1/s1. The summed E-state index contributed by atoms with van der Waals surface area (Å²) >= 11 is 6.35. The first kappa shape index (κ1) is 22.6. The molecular formula is C20H26ClN7O3S. The van der Waals surface area contributed by atoms with Crippen LogP contribution in [0, 0.1) is 5.92 Å². The maximum atomic E-state index is 11.5. The number of urea groups is 1. The van der Waals surface area contributed by atoms with Crippen LogP contribution in [0.4, 0.5) is 22.2 Å². The van der Waals surface area contributed by atoms with Crippen molar-refractivity contribution in [2.75, 3.05) is 17.2 Å². The van der Waals surface area contributed by atoms with Crippen LogP contribution in [-0.2, 0) is 24.0 Å². The number of amides is 2. The largest absolute Gasteiger partial charge is 0.366 e. The molecule has 1 aliphatic heterocycles. The Kier molecular flexibility index (Phi) is 7.28. The molecule has 2 amide bonds. The van der Waals surface area contributed by atoms with Gasteiger partial charge in [-0.2, -0.15) is 4.98 Å². The van der Waals surface area contributed by atoms with Crippen LogP contribution in [0.15, 0.2) is 24.4 Å². The Bertz CT molecular complexity index is 1060. The Morgan fingerprint density at radius 2 is 1.91 bits per heavy atom. The Morgan fingerprint density at radius 1 is 1.12 bits per heavy atom. The van der Waals surface area contributed by atoms with Crippen LogP contribution in [-0.4, -0.2) is 37.0 Å². The van der Waals surface area contributed by atoms with Crippen LogP contribution >= 0.6 is 11.6 Å². The van der Waals surface area contributed by atoms with Gasteiger partial charge in [-0.15, -0.1) is 0 Å². The van der Waals surface area contributed by atoms with Crippen molar-refractivity contribution in [3.63, 3.8) is 0 Å². The first-order chi connectivity index (χ1) is 15.5. The number of nitrogens with zero attached hydrogens (tertiary/aromatic N) is 2. The Morgan fingerprint density at radius 3 is 2.72 bits per heavy atom. The SMILES string of the molecule is O=C1NCc2ccc(Nc3ncc(Cl)c(N[C@@H]4CCCC[C@@H]4CN[SH](=O)=O)n3)cc2CN1.